The molecule has 37 heavy (non-hydrogen) atoms. The molecule has 8 heteroatoms. The van der Waals surface area contributed by atoms with Crippen LogP contribution >= 0.6 is 12.2 Å². The van der Waals surface area contributed by atoms with Crippen molar-refractivity contribution in [3.63, 3.8) is 0 Å². The maximum absolute atomic E-state index is 5.93. The first-order valence-electron chi connectivity index (χ1n) is 12.3. The van der Waals surface area contributed by atoms with Gasteiger partial charge in [-0.15, -0.1) is 0 Å². The lowest BCUT2D eigenvalue weighted by atomic mass is 9.96. The monoisotopic (exact) mass is 511 g/mol. The molecule has 1 fully saturated rings. The average Bonchev–Trinajstić information content (AvgIpc) is 3.59. The Morgan fingerprint density at radius 1 is 0.946 bits per heavy atom. The number of nitrogens with one attached hydrogen (secondary N) is 1. The van der Waals surface area contributed by atoms with E-state index in [0.29, 0.717) is 5.11 Å². The van der Waals surface area contributed by atoms with E-state index in [1.54, 1.807) is 0 Å². The highest BCUT2D eigenvalue weighted by atomic mass is 32.1. The van der Waals surface area contributed by atoms with Gasteiger partial charge in [-0.1, -0.05) is 6.07 Å². The number of rotatable bonds is 5. The van der Waals surface area contributed by atoms with Crippen LogP contribution < -0.4 is 24.6 Å². The van der Waals surface area contributed by atoms with Crippen LogP contribution in [0.1, 0.15) is 34.7 Å². The first-order chi connectivity index (χ1) is 17.9. The molecular formula is C29H29N5O2S. The summed E-state index contributed by atoms with van der Waals surface area (Å²) in [5, 5.41) is 4.26. The molecule has 0 saturated carbocycles. The van der Waals surface area contributed by atoms with E-state index in [2.05, 4.69) is 76.0 Å². The average molecular weight is 512 g/mol. The van der Waals surface area contributed by atoms with Crippen LogP contribution in [0.15, 0.2) is 72.9 Å². The zero-order valence-electron chi connectivity index (χ0n) is 21.3. The van der Waals surface area contributed by atoms with E-state index in [-0.39, 0.29) is 18.9 Å². The molecule has 0 unspecified atom stereocenters. The molecule has 2 aromatic heterocycles. The summed E-state index contributed by atoms with van der Waals surface area (Å²) in [5.74, 6) is 1.54. The van der Waals surface area contributed by atoms with Gasteiger partial charge in [0.25, 0.3) is 0 Å². The summed E-state index contributed by atoms with van der Waals surface area (Å²) < 4.78 is 13.4. The molecule has 2 atom stereocenters. The van der Waals surface area contributed by atoms with Crippen LogP contribution in [0.3, 0.4) is 0 Å². The number of ether oxygens (including phenoxy) is 2. The number of aryl methyl sites for hydroxylation is 1. The van der Waals surface area contributed by atoms with E-state index in [4.69, 9.17) is 26.7 Å². The van der Waals surface area contributed by atoms with Gasteiger partial charge in [-0.05, 0) is 86.2 Å². The lowest BCUT2D eigenvalue weighted by molar-refractivity contribution is 0.174. The molecule has 188 valence electrons. The van der Waals surface area contributed by atoms with Gasteiger partial charge < -0.3 is 29.2 Å². The molecule has 1 saturated heterocycles. The van der Waals surface area contributed by atoms with E-state index in [0.717, 1.165) is 45.6 Å². The normalized spacial score (nSPS) is 18.3. The van der Waals surface area contributed by atoms with Gasteiger partial charge in [0.05, 0.1) is 17.8 Å². The topological polar surface area (TPSA) is 54.8 Å². The molecule has 2 aliphatic rings. The van der Waals surface area contributed by atoms with Crippen molar-refractivity contribution in [2.24, 2.45) is 0 Å². The number of benzene rings is 2. The van der Waals surface area contributed by atoms with Crippen LogP contribution in [0.2, 0.25) is 0 Å². The third kappa shape index (κ3) is 3.97. The number of hydrogen-bond donors (Lipinski definition) is 1. The molecule has 2 aromatic carbocycles. The minimum Gasteiger partial charge on any atom is -0.454 e. The minimum absolute atomic E-state index is 0.0819. The van der Waals surface area contributed by atoms with Gasteiger partial charge >= 0.3 is 0 Å². The van der Waals surface area contributed by atoms with Crippen LogP contribution in [-0.4, -0.2) is 35.6 Å². The van der Waals surface area contributed by atoms with E-state index in [1.165, 1.54) is 5.56 Å². The molecule has 7 nitrogen and oxygen atoms in total. The third-order valence-corrected chi connectivity index (χ3v) is 7.46. The maximum atomic E-state index is 5.93. The highest BCUT2D eigenvalue weighted by molar-refractivity contribution is 7.80. The number of hydrogen-bond acceptors (Lipinski definition) is 5. The van der Waals surface area contributed by atoms with Crippen molar-refractivity contribution in [2.45, 2.75) is 25.9 Å². The zero-order valence-corrected chi connectivity index (χ0v) is 22.1. The Labute approximate surface area is 222 Å². The van der Waals surface area contributed by atoms with E-state index < -0.39 is 0 Å². The first-order valence-corrected chi connectivity index (χ1v) is 12.7. The van der Waals surface area contributed by atoms with E-state index in [9.17, 15) is 0 Å². The van der Waals surface area contributed by atoms with Gasteiger partial charge in [-0.2, -0.15) is 0 Å². The Morgan fingerprint density at radius 3 is 2.43 bits per heavy atom. The third-order valence-electron chi connectivity index (χ3n) is 7.15. The van der Waals surface area contributed by atoms with Gasteiger partial charge in [-0.25, -0.2) is 0 Å². The lowest BCUT2D eigenvalue weighted by Crippen LogP contribution is -2.29. The SMILES string of the molecule is Cc1cc([C@H]2[C@@H](c3ccccn3)NC(=S)N2c2ccc(N(C)C)cc2)c(C)n1-c1ccc2c(c1)OCO2. The van der Waals surface area contributed by atoms with Crippen molar-refractivity contribution in [1.82, 2.24) is 14.9 Å². The van der Waals surface area contributed by atoms with Crippen LogP contribution in [0.4, 0.5) is 11.4 Å². The van der Waals surface area contributed by atoms with Crippen molar-refractivity contribution in [3.8, 4) is 17.2 Å². The van der Waals surface area contributed by atoms with Crippen molar-refractivity contribution >= 4 is 28.7 Å². The zero-order chi connectivity index (χ0) is 25.7. The predicted octanol–water partition coefficient (Wildman–Crippen LogP) is 5.46. The summed E-state index contributed by atoms with van der Waals surface area (Å²) in [6.07, 6.45) is 1.83. The largest absolute Gasteiger partial charge is 0.454 e. The van der Waals surface area contributed by atoms with Crippen molar-refractivity contribution in [3.05, 3.63) is 95.6 Å². The quantitative estimate of drug-likeness (QED) is 0.357. The van der Waals surface area contributed by atoms with Crippen LogP contribution in [0.25, 0.3) is 5.69 Å². The van der Waals surface area contributed by atoms with Crippen LogP contribution in [-0.2, 0) is 0 Å². The van der Waals surface area contributed by atoms with Gasteiger partial charge in [0.2, 0.25) is 6.79 Å². The van der Waals surface area contributed by atoms with Crippen LogP contribution in [0, 0.1) is 13.8 Å². The van der Waals surface area contributed by atoms with E-state index >= 15 is 0 Å². The summed E-state index contributed by atoms with van der Waals surface area (Å²) in [6, 6.07) is 22.7. The number of anilines is 2. The highest BCUT2D eigenvalue weighted by Crippen LogP contribution is 2.44. The van der Waals surface area contributed by atoms with Crippen molar-refractivity contribution in [2.75, 3.05) is 30.7 Å². The molecule has 2 aliphatic heterocycles. The molecule has 0 spiro atoms. The second-order valence-corrected chi connectivity index (χ2v) is 9.99. The molecule has 0 radical (unpaired) electrons. The Kier molecular flexibility index (Phi) is 5.76. The number of aromatic nitrogens is 2. The van der Waals surface area contributed by atoms with Gasteiger partial charge in [0, 0.05) is 54.8 Å². The molecule has 0 amide bonds. The lowest BCUT2D eigenvalue weighted by Gasteiger charge is -2.28. The molecule has 1 N–H and O–H groups in total. The summed E-state index contributed by atoms with van der Waals surface area (Å²) in [7, 11) is 4.09. The second-order valence-electron chi connectivity index (χ2n) is 9.61. The molecule has 6 rings (SSSR count). The Morgan fingerprint density at radius 2 is 1.70 bits per heavy atom. The smallest absolute Gasteiger partial charge is 0.231 e. The molecule has 4 heterocycles. The number of nitrogens with zero attached hydrogens (tertiary/aromatic N) is 4. The van der Waals surface area contributed by atoms with Crippen molar-refractivity contribution in [1.29, 1.82) is 0 Å². The Bertz CT molecular complexity index is 1470. The summed E-state index contributed by atoms with van der Waals surface area (Å²) in [4.78, 5) is 9.02. The molecular weight excluding hydrogens is 482 g/mol. The van der Waals surface area contributed by atoms with Gasteiger partial charge in [-0.3, -0.25) is 4.98 Å². The molecule has 0 bridgehead atoms. The molecule has 4 aromatic rings. The van der Waals surface area contributed by atoms with Gasteiger partial charge in [0.15, 0.2) is 16.6 Å². The van der Waals surface area contributed by atoms with E-state index in [1.807, 2.05) is 44.6 Å². The van der Waals surface area contributed by atoms with Crippen molar-refractivity contribution < 1.29 is 9.47 Å². The second kappa shape index (κ2) is 9.12. The maximum Gasteiger partial charge on any atom is 0.231 e. The number of pyridine rings is 1. The summed E-state index contributed by atoms with van der Waals surface area (Å²) >= 11 is 5.93. The number of fused-ring (bicyclic) bond motifs is 1. The van der Waals surface area contributed by atoms with Crippen LogP contribution in [0.5, 0.6) is 11.5 Å². The summed E-state index contributed by atoms with van der Waals surface area (Å²) in [6.45, 7) is 4.55. The first kappa shape index (κ1) is 23.4. The Balaban J connectivity index is 1.48. The minimum atomic E-state index is -0.104. The fourth-order valence-electron chi connectivity index (χ4n) is 5.37. The highest BCUT2D eigenvalue weighted by Gasteiger charge is 2.42. The number of thiocarbonyl (C=S) groups is 1. The standard InChI is InChI=1S/C29H29N5O2S/c1-18-15-23(19(2)33(18)22-12-13-25-26(16-22)36-17-35-25)28-27(24-7-5-6-14-30-24)31-29(37)34(28)21-10-8-20(9-11-21)32(3)4/h5-16,27-28H,17H2,1-4H3,(H,31,37)/t27-,28+/m1/s1. The Hall–Kier alpha value is -4.04. The fraction of sp³-hybridized carbons (Fsp3) is 0.241. The van der Waals surface area contributed by atoms with Gasteiger partial charge in [0.1, 0.15) is 0 Å². The molecule has 0 aliphatic carbocycles. The fourth-order valence-corrected chi connectivity index (χ4v) is 5.71. The summed E-state index contributed by atoms with van der Waals surface area (Å²) in [5.41, 5.74) is 7.64. The predicted molar refractivity (Wildman–Crippen MR) is 150 cm³/mol.